The molecule has 1 aliphatic heterocycles. The zero-order valence-electron chi connectivity index (χ0n) is 9.59. The minimum atomic E-state index is 0.605. The largest absolute Gasteiger partial charge is 0.311 e. The van der Waals surface area contributed by atoms with Crippen LogP contribution in [0.25, 0.3) is 0 Å². The first kappa shape index (κ1) is 11.6. The molecule has 0 aliphatic carbocycles. The summed E-state index contributed by atoms with van der Waals surface area (Å²) in [7, 11) is 0. The molecule has 80 valence electrons. The molecule has 1 heterocycles. The zero-order valence-corrected chi connectivity index (χ0v) is 9.59. The van der Waals surface area contributed by atoms with Gasteiger partial charge in [0.15, 0.2) is 0 Å². The van der Waals surface area contributed by atoms with Gasteiger partial charge in [-0.15, -0.1) is 6.42 Å². The Bertz CT molecular complexity index is 205. The Hall–Kier alpha value is -0.520. The van der Waals surface area contributed by atoms with Gasteiger partial charge in [-0.1, -0.05) is 26.7 Å². The molecule has 2 unspecified atom stereocenters. The molecule has 1 aliphatic rings. The molecule has 0 amide bonds. The van der Waals surface area contributed by atoms with Gasteiger partial charge in [0.1, 0.15) is 0 Å². The van der Waals surface area contributed by atoms with Crippen molar-refractivity contribution in [3.63, 3.8) is 0 Å². The first-order chi connectivity index (χ1) is 6.69. The average molecular weight is 194 g/mol. The van der Waals surface area contributed by atoms with E-state index >= 15 is 0 Å². The van der Waals surface area contributed by atoms with E-state index in [0.717, 1.165) is 19.6 Å². The normalized spacial score (nSPS) is 29.1. The van der Waals surface area contributed by atoms with Crippen LogP contribution in [0.2, 0.25) is 0 Å². The molecule has 0 aromatic rings. The molecular weight excluding hydrogens is 172 g/mol. The third kappa shape index (κ3) is 2.73. The van der Waals surface area contributed by atoms with Crippen LogP contribution in [-0.2, 0) is 0 Å². The molecule has 1 saturated heterocycles. The van der Waals surface area contributed by atoms with E-state index in [1.165, 1.54) is 6.42 Å². The molecule has 0 saturated carbocycles. The average Bonchev–Trinajstić information content (AvgIpc) is 2.17. The van der Waals surface area contributed by atoms with Crippen molar-refractivity contribution < 1.29 is 0 Å². The highest BCUT2D eigenvalue weighted by atomic mass is 15.2. The van der Waals surface area contributed by atoms with Crippen LogP contribution < -0.4 is 5.32 Å². The van der Waals surface area contributed by atoms with E-state index < -0.39 is 0 Å². The van der Waals surface area contributed by atoms with Crippen molar-refractivity contribution in [1.29, 1.82) is 0 Å². The number of rotatable bonds is 3. The minimum absolute atomic E-state index is 0.605. The molecule has 2 atom stereocenters. The fraction of sp³-hybridized carbons (Fsp3) is 0.833. The van der Waals surface area contributed by atoms with Crippen LogP contribution in [0.5, 0.6) is 0 Å². The van der Waals surface area contributed by atoms with Crippen molar-refractivity contribution in [3.8, 4) is 12.3 Å². The fourth-order valence-corrected chi connectivity index (χ4v) is 2.13. The third-order valence-electron chi connectivity index (χ3n) is 3.10. The summed E-state index contributed by atoms with van der Waals surface area (Å²) in [6, 6.07) is 1.23. The molecule has 2 heteroatoms. The number of nitrogens with zero attached hydrogens (tertiary/aromatic N) is 1. The Morgan fingerprint density at radius 3 is 2.79 bits per heavy atom. The second-order valence-electron chi connectivity index (χ2n) is 4.46. The van der Waals surface area contributed by atoms with Gasteiger partial charge in [0.05, 0.1) is 6.54 Å². The lowest BCUT2D eigenvalue weighted by molar-refractivity contribution is 0.112. The van der Waals surface area contributed by atoms with Crippen molar-refractivity contribution in [2.45, 2.75) is 39.3 Å². The van der Waals surface area contributed by atoms with E-state index in [4.69, 9.17) is 6.42 Å². The molecule has 0 radical (unpaired) electrons. The predicted molar refractivity (Wildman–Crippen MR) is 61.1 cm³/mol. The molecule has 0 aromatic heterocycles. The first-order valence-corrected chi connectivity index (χ1v) is 5.59. The predicted octanol–water partition coefficient (Wildman–Crippen LogP) is 1.33. The van der Waals surface area contributed by atoms with Crippen LogP contribution in [0.1, 0.15) is 27.2 Å². The van der Waals surface area contributed by atoms with Crippen molar-refractivity contribution in [3.05, 3.63) is 0 Å². The maximum atomic E-state index is 5.40. The molecule has 1 fully saturated rings. The quantitative estimate of drug-likeness (QED) is 0.682. The van der Waals surface area contributed by atoms with Gasteiger partial charge in [-0.2, -0.15) is 0 Å². The van der Waals surface area contributed by atoms with E-state index in [-0.39, 0.29) is 0 Å². The van der Waals surface area contributed by atoms with Gasteiger partial charge in [-0.3, -0.25) is 4.90 Å². The van der Waals surface area contributed by atoms with E-state index in [2.05, 4.69) is 36.9 Å². The summed E-state index contributed by atoms with van der Waals surface area (Å²) >= 11 is 0. The Labute approximate surface area is 88.1 Å². The number of piperazine rings is 1. The van der Waals surface area contributed by atoms with Gasteiger partial charge in [0.25, 0.3) is 0 Å². The fourth-order valence-electron chi connectivity index (χ4n) is 2.13. The molecule has 0 aromatic carbocycles. The Balaban J connectivity index is 2.56. The topological polar surface area (TPSA) is 15.3 Å². The standard InChI is InChI=1S/C12H22N2/c1-5-7-14-9-11(6-2)13-8-12(14)10(3)4/h1,10-13H,6-9H2,2-4H3. The summed E-state index contributed by atoms with van der Waals surface area (Å²) in [5.74, 6) is 3.44. The summed E-state index contributed by atoms with van der Waals surface area (Å²) in [6.45, 7) is 9.73. The highest BCUT2D eigenvalue weighted by Crippen LogP contribution is 2.15. The zero-order chi connectivity index (χ0) is 10.6. The Morgan fingerprint density at radius 2 is 2.29 bits per heavy atom. The first-order valence-electron chi connectivity index (χ1n) is 5.59. The van der Waals surface area contributed by atoms with Crippen LogP contribution in [0.15, 0.2) is 0 Å². The van der Waals surface area contributed by atoms with Crippen molar-refractivity contribution >= 4 is 0 Å². The molecule has 1 N–H and O–H groups in total. The van der Waals surface area contributed by atoms with Crippen molar-refractivity contribution in [1.82, 2.24) is 10.2 Å². The third-order valence-corrected chi connectivity index (χ3v) is 3.10. The van der Waals surface area contributed by atoms with E-state index in [1.54, 1.807) is 0 Å². The van der Waals surface area contributed by atoms with Gasteiger partial charge in [0, 0.05) is 25.2 Å². The second-order valence-corrected chi connectivity index (χ2v) is 4.46. The van der Waals surface area contributed by atoms with Gasteiger partial charge < -0.3 is 5.32 Å². The van der Waals surface area contributed by atoms with Crippen molar-refractivity contribution in [2.24, 2.45) is 5.92 Å². The van der Waals surface area contributed by atoms with Gasteiger partial charge in [-0.25, -0.2) is 0 Å². The maximum Gasteiger partial charge on any atom is 0.0602 e. The van der Waals surface area contributed by atoms with Crippen LogP contribution in [0, 0.1) is 18.3 Å². The van der Waals surface area contributed by atoms with E-state index in [0.29, 0.717) is 18.0 Å². The van der Waals surface area contributed by atoms with Gasteiger partial charge in [0.2, 0.25) is 0 Å². The molecular formula is C12H22N2. The molecule has 0 spiro atoms. The maximum absolute atomic E-state index is 5.40. The van der Waals surface area contributed by atoms with Crippen molar-refractivity contribution in [2.75, 3.05) is 19.6 Å². The summed E-state index contributed by atoms with van der Waals surface area (Å²) < 4.78 is 0. The minimum Gasteiger partial charge on any atom is -0.311 e. The molecule has 0 bridgehead atoms. The van der Waals surface area contributed by atoms with Crippen LogP contribution in [-0.4, -0.2) is 36.6 Å². The van der Waals surface area contributed by atoms with E-state index in [9.17, 15) is 0 Å². The van der Waals surface area contributed by atoms with Crippen LogP contribution >= 0.6 is 0 Å². The smallest absolute Gasteiger partial charge is 0.0602 e. The lowest BCUT2D eigenvalue weighted by Gasteiger charge is -2.41. The number of terminal acetylenes is 1. The second kappa shape index (κ2) is 5.38. The summed E-state index contributed by atoms with van der Waals surface area (Å²) in [5.41, 5.74) is 0. The highest BCUT2D eigenvalue weighted by Gasteiger charge is 2.28. The Morgan fingerprint density at radius 1 is 1.57 bits per heavy atom. The van der Waals surface area contributed by atoms with Crippen LogP contribution in [0.4, 0.5) is 0 Å². The van der Waals surface area contributed by atoms with Gasteiger partial charge >= 0.3 is 0 Å². The van der Waals surface area contributed by atoms with E-state index in [1.807, 2.05) is 0 Å². The lowest BCUT2D eigenvalue weighted by Crippen LogP contribution is -2.58. The summed E-state index contributed by atoms with van der Waals surface area (Å²) in [4.78, 5) is 2.44. The highest BCUT2D eigenvalue weighted by molar-refractivity contribution is 4.95. The number of nitrogens with one attached hydrogen (secondary N) is 1. The number of hydrogen-bond acceptors (Lipinski definition) is 2. The molecule has 14 heavy (non-hydrogen) atoms. The van der Waals surface area contributed by atoms with Crippen LogP contribution in [0.3, 0.4) is 0 Å². The summed E-state index contributed by atoms with van der Waals surface area (Å²) in [5, 5.41) is 3.58. The monoisotopic (exact) mass is 194 g/mol. The molecule has 1 rings (SSSR count). The lowest BCUT2D eigenvalue weighted by atomic mass is 9.98. The molecule has 2 nitrogen and oxygen atoms in total. The number of hydrogen-bond donors (Lipinski definition) is 1. The Kier molecular flexibility index (Phi) is 4.44. The SMILES string of the molecule is C#CCN1CC(CC)NCC1C(C)C. The van der Waals surface area contributed by atoms with Gasteiger partial charge in [-0.05, 0) is 12.3 Å². The summed E-state index contributed by atoms with van der Waals surface area (Å²) in [6.07, 6.45) is 6.58.